The van der Waals surface area contributed by atoms with Gasteiger partial charge in [-0.15, -0.1) is 23.1 Å². The van der Waals surface area contributed by atoms with Crippen LogP contribution in [0.3, 0.4) is 0 Å². The van der Waals surface area contributed by atoms with Gasteiger partial charge in [-0.3, -0.25) is 4.79 Å². The number of hydrogen-bond donors (Lipinski definition) is 1. The van der Waals surface area contributed by atoms with Crippen LogP contribution in [-0.2, 0) is 16.1 Å². The molecule has 0 unspecified atom stereocenters. The van der Waals surface area contributed by atoms with Crippen molar-refractivity contribution in [1.82, 2.24) is 10.3 Å². The number of fused-ring (bicyclic) bond motifs is 1. The van der Waals surface area contributed by atoms with Crippen molar-refractivity contribution in [3.8, 4) is 0 Å². The van der Waals surface area contributed by atoms with E-state index in [0.717, 1.165) is 57.1 Å². The minimum absolute atomic E-state index is 0.0160. The average molecular weight is 493 g/mol. The Bertz CT molecular complexity index is 1170. The minimum atomic E-state index is -0.385. The lowest BCUT2D eigenvalue weighted by atomic mass is 9.53. The molecule has 4 bridgehead atoms. The SMILES string of the molecule is O=C(CSc1ccccc1C(=O)OCc1nc2ccccc2s1)NC12CC3CC(CC(C3)C1)C2. The molecule has 34 heavy (non-hydrogen) atoms. The number of nitrogens with zero attached hydrogens (tertiary/aromatic N) is 1. The first kappa shape index (κ1) is 22.1. The first-order valence-corrected chi connectivity index (χ1v) is 13.9. The largest absolute Gasteiger partial charge is 0.455 e. The van der Waals surface area contributed by atoms with E-state index in [9.17, 15) is 9.59 Å². The number of ether oxygens (including phenoxy) is 1. The maximum Gasteiger partial charge on any atom is 0.339 e. The molecule has 2 aromatic carbocycles. The van der Waals surface area contributed by atoms with Gasteiger partial charge in [-0.1, -0.05) is 24.3 Å². The number of nitrogens with one attached hydrogen (secondary N) is 1. The quantitative estimate of drug-likeness (QED) is 0.332. The van der Waals surface area contributed by atoms with Crippen LogP contribution in [0.2, 0.25) is 0 Å². The number of benzene rings is 2. The molecule has 7 rings (SSSR count). The van der Waals surface area contributed by atoms with E-state index in [-0.39, 0.29) is 24.0 Å². The Kier molecular flexibility index (Phi) is 5.86. The molecular formula is C27H28N2O3S2. The van der Waals surface area contributed by atoms with Gasteiger partial charge in [-0.2, -0.15) is 0 Å². The number of thioether (sulfide) groups is 1. The molecule has 4 fully saturated rings. The third kappa shape index (κ3) is 4.48. The lowest BCUT2D eigenvalue weighted by Gasteiger charge is -2.56. The highest BCUT2D eigenvalue weighted by molar-refractivity contribution is 8.00. The van der Waals surface area contributed by atoms with Crippen molar-refractivity contribution in [1.29, 1.82) is 0 Å². The molecule has 1 aromatic heterocycles. The summed E-state index contributed by atoms with van der Waals surface area (Å²) in [7, 11) is 0. The zero-order valence-electron chi connectivity index (χ0n) is 19.0. The number of amides is 1. The van der Waals surface area contributed by atoms with Crippen LogP contribution in [0.1, 0.15) is 53.9 Å². The van der Waals surface area contributed by atoms with Crippen molar-refractivity contribution in [2.45, 2.75) is 55.6 Å². The van der Waals surface area contributed by atoms with Gasteiger partial charge in [0.05, 0.1) is 21.5 Å². The minimum Gasteiger partial charge on any atom is -0.455 e. The Morgan fingerprint density at radius 2 is 1.68 bits per heavy atom. The van der Waals surface area contributed by atoms with Gasteiger partial charge in [-0.25, -0.2) is 9.78 Å². The number of thiazole rings is 1. The second kappa shape index (κ2) is 9.00. The van der Waals surface area contributed by atoms with Gasteiger partial charge in [0.1, 0.15) is 11.6 Å². The van der Waals surface area contributed by atoms with Gasteiger partial charge in [0, 0.05) is 10.4 Å². The second-order valence-corrected chi connectivity index (χ2v) is 12.3. The third-order valence-corrected chi connectivity index (χ3v) is 9.66. The summed E-state index contributed by atoms with van der Waals surface area (Å²) >= 11 is 2.94. The molecule has 176 valence electrons. The zero-order valence-corrected chi connectivity index (χ0v) is 20.6. The van der Waals surface area contributed by atoms with Crippen LogP contribution in [0, 0.1) is 17.8 Å². The summed E-state index contributed by atoms with van der Waals surface area (Å²) < 4.78 is 6.66. The number of carbonyl (C=O) groups is 2. The summed E-state index contributed by atoms with van der Waals surface area (Å²) in [4.78, 5) is 31.1. The molecule has 1 amide bonds. The molecule has 1 heterocycles. The fourth-order valence-corrected chi connectivity index (χ4v) is 8.41. The van der Waals surface area contributed by atoms with Crippen molar-refractivity contribution in [3.63, 3.8) is 0 Å². The van der Waals surface area contributed by atoms with Gasteiger partial charge >= 0.3 is 5.97 Å². The van der Waals surface area contributed by atoms with Gasteiger partial charge in [0.15, 0.2) is 0 Å². The second-order valence-electron chi connectivity index (χ2n) is 10.2. The van der Waals surface area contributed by atoms with E-state index in [0.29, 0.717) is 11.3 Å². The Morgan fingerprint density at radius 1 is 1.00 bits per heavy atom. The topological polar surface area (TPSA) is 68.3 Å². The molecule has 1 N–H and O–H groups in total. The number of rotatable bonds is 7. The summed E-state index contributed by atoms with van der Waals surface area (Å²) in [6.45, 7) is 0.143. The first-order valence-electron chi connectivity index (χ1n) is 12.1. The molecule has 0 atom stereocenters. The Balaban J connectivity index is 1.07. The fourth-order valence-electron chi connectivity index (χ4n) is 6.69. The number of esters is 1. The lowest BCUT2D eigenvalue weighted by Crippen LogP contribution is -2.60. The molecule has 4 aliphatic carbocycles. The number of carbonyl (C=O) groups excluding carboxylic acids is 2. The summed E-state index contributed by atoms with van der Waals surface area (Å²) in [5.41, 5.74) is 1.43. The molecular weight excluding hydrogens is 464 g/mol. The molecule has 0 aliphatic heterocycles. The van der Waals surface area contributed by atoms with Crippen LogP contribution in [0.15, 0.2) is 53.4 Å². The van der Waals surface area contributed by atoms with Crippen LogP contribution in [-0.4, -0.2) is 28.2 Å². The van der Waals surface area contributed by atoms with Gasteiger partial charge in [0.2, 0.25) is 5.91 Å². The number of para-hydroxylation sites is 1. The maximum atomic E-state index is 12.9. The average Bonchev–Trinajstić information content (AvgIpc) is 3.23. The van der Waals surface area contributed by atoms with Crippen LogP contribution in [0.5, 0.6) is 0 Å². The monoisotopic (exact) mass is 492 g/mol. The highest BCUT2D eigenvalue weighted by Gasteiger charge is 2.51. The van der Waals surface area contributed by atoms with E-state index < -0.39 is 0 Å². The fraction of sp³-hybridized carbons (Fsp3) is 0.444. The molecule has 7 heteroatoms. The highest BCUT2D eigenvalue weighted by Crippen LogP contribution is 2.55. The van der Waals surface area contributed by atoms with Crippen molar-refractivity contribution < 1.29 is 14.3 Å². The van der Waals surface area contributed by atoms with Crippen LogP contribution < -0.4 is 5.32 Å². The molecule has 0 radical (unpaired) electrons. The van der Waals surface area contributed by atoms with Crippen LogP contribution >= 0.6 is 23.1 Å². The Hall–Kier alpha value is -2.38. The van der Waals surface area contributed by atoms with E-state index >= 15 is 0 Å². The third-order valence-electron chi connectivity index (χ3n) is 7.57. The van der Waals surface area contributed by atoms with Crippen molar-refractivity contribution in [2.24, 2.45) is 17.8 Å². The zero-order chi connectivity index (χ0) is 23.1. The molecule has 5 nitrogen and oxygen atoms in total. The predicted molar refractivity (Wildman–Crippen MR) is 135 cm³/mol. The standard InChI is InChI=1S/C27H28N2O3S2/c30-24(29-27-12-17-9-18(13-27)11-19(10-17)14-27)16-33-22-7-3-1-5-20(22)26(31)32-15-25-28-21-6-2-4-8-23(21)34-25/h1-8,17-19H,9-16H2,(H,29,30). The maximum absolute atomic E-state index is 12.9. The Labute approximate surface area is 207 Å². The van der Waals surface area contributed by atoms with E-state index in [1.165, 1.54) is 42.4 Å². The van der Waals surface area contributed by atoms with Crippen molar-refractivity contribution in [2.75, 3.05) is 5.75 Å². The van der Waals surface area contributed by atoms with Gasteiger partial charge < -0.3 is 10.1 Å². The summed E-state index contributed by atoms with van der Waals surface area (Å²) in [5, 5.41) is 4.19. The van der Waals surface area contributed by atoms with E-state index in [4.69, 9.17) is 4.74 Å². The van der Waals surface area contributed by atoms with Crippen molar-refractivity contribution >= 4 is 45.2 Å². The molecule has 0 spiro atoms. The molecule has 4 saturated carbocycles. The first-order chi connectivity index (χ1) is 16.6. The van der Waals surface area contributed by atoms with E-state index in [1.54, 1.807) is 6.07 Å². The van der Waals surface area contributed by atoms with Crippen molar-refractivity contribution in [3.05, 3.63) is 59.1 Å². The Morgan fingerprint density at radius 3 is 2.41 bits per heavy atom. The molecule has 0 saturated heterocycles. The van der Waals surface area contributed by atoms with Crippen LogP contribution in [0.4, 0.5) is 0 Å². The highest BCUT2D eigenvalue weighted by atomic mass is 32.2. The van der Waals surface area contributed by atoms with Crippen LogP contribution in [0.25, 0.3) is 10.2 Å². The number of aromatic nitrogens is 1. The molecule has 3 aromatic rings. The van der Waals surface area contributed by atoms with Gasteiger partial charge in [-0.05, 0) is 80.5 Å². The summed E-state index contributed by atoms with van der Waals surface area (Å²) in [6.07, 6.45) is 7.50. The molecule has 4 aliphatic rings. The normalized spacial score (nSPS) is 27.1. The van der Waals surface area contributed by atoms with Gasteiger partial charge in [0.25, 0.3) is 0 Å². The summed E-state index contributed by atoms with van der Waals surface area (Å²) in [5.74, 6) is 2.39. The smallest absolute Gasteiger partial charge is 0.339 e. The number of hydrogen-bond acceptors (Lipinski definition) is 6. The summed E-state index contributed by atoms with van der Waals surface area (Å²) in [6, 6.07) is 15.3. The van der Waals surface area contributed by atoms with E-state index in [2.05, 4.69) is 10.3 Å². The lowest BCUT2D eigenvalue weighted by molar-refractivity contribution is -0.124. The van der Waals surface area contributed by atoms with E-state index in [1.807, 2.05) is 42.5 Å². The predicted octanol–water partition coefficient (Wildman–Crippen LogP) is 5.83.